The fourth-order valence-corrected chi connectivity index (χ4v) is 4.57. The van der Waals surface area contributed by atoms with Crippen LogP contribution in [0.2, 0.25) is 0 Å². The van der Waals surface area contributed by atoms with Gasteiger partial charge in [-0.15, -0.1) is 0 Å². The van der Waals surface area contributed by atoms with Crippen molar-refractivity contribution in [1.29, 1.82) is 0 Å². The van der Waals surface area contributed by atoms with Crippen LogP contribution < -0.4 is 10.5 Å². The van der Waals surface area contributed by atoms with Crippen LogP contribution in [0.1, 0.15) is 45.2 Å². The second-order valence-corrected chi connectivity index (χ2v) is 8.35. The van der Waals surface area contributed by atoms with Gasteiger partial charge in [0.1, 0.15) is 11.3 Å². The molecule has 6 nitrogen and oxygen atoms in total. The van der Waals surface area contributed by atoms with Crippen LogP contribution in [0.3, 0.4) is 0 Å². The summed E-state index contributed by atoms with van der Waals surface area (Å²) in [4.78, 5) is 13.0. The number of nitrogens with two attached hydrogens (primary N) is 1. The number of ether oxygens (including phenoxy) is 2. The van der Waals surface area contributed by atoms with Crippen LogP contribution in [-0.2, 0) is 24.1 Å². The molecule has 2 heterocycles. The molecule has 0 saturated carbocycles. The molecule has 0 spiro atoms. The van der Waals surface area contributed by atoms with Gasteiger partial charge in [0.15, 0.2) is 5.75 Å². The van der Waals surface area contributed by atoms with Crippen molar-refractivity contribution in [2.45, 2.75) is 47.1 Å². The van der Waals surface area contributed by atoms with E-state index in [4.69, 9.17) is 15.2 Å². The largest absolute Gasteiger partial charge is 0.507 e. The molecule has 0 radical (unpaired) electrons. The quantitative estimate of drug-likeness (QED) is 0.433. The van der Waals surface area contributed by atoms with E-state index in [-0.39, 0.29) is 12.6 Å². The Morgan fingerprint density at radius 2 is 1.88 bits per heavy atom. The van der Waals surface area contributed by atoms with Gasteiger partial charge in [-0.2, -0.15) is 0 Å². The van der Waals surface area contributed by atoms with E-state index in [1.807, 2.05) is 51.1 Å². The zero-order valence-electron chi connectivity index (χ0n) is 19.1. The van der Waals surface area contributed by atoms with E-state index in [0.717, 1.165) is 52.2 Å². The molecule has 1 aliphatic heterocycles. The smallest absolute Gasteiger partial charge is 0.344 e. The molecule has 1 aliphatic rings. The summed E-state index contributed by atoms with van der Waals surface area (Å²) in [5.74, 6) is 0.514. The van der Waals surface area contributed by atoms with E-state index >= 15 is 0 Å². The summed E-state index contributed by atoms with van der Waals surface area (Å²) in [7, 11) is 0. The highest BCUT2D eigenvalue weighted by Gasteiger charge is 2.32. The van der Waals surface area contributed by atoms with Crippen LogP contribution in [0.15, 0.2) is 30.3 Å². The number of carbonyl (C=O) groups is 1. The van der Waals surface area contributed by atoms with Gasteiger partial charge in [-0.05, 0) is 68.5 Å². The average molecular weight is 435 g/mol. The summed E-state index contributed by atoms with van der Waals surface area (Å²) in [5.41, 5.74) is 13.8. The number of hydrogen-bond acceptors (Lipinski definition) is 5. The highest BCUT2D eigenvalue weighted by molar-refractivity contribution is 6.01. The number of fused-ring (bicyclic) bond motifs is 3. The van der Waals surface area contributed by atoms with Crippen LogP contribution in [0.5, 0.6) is 11.5 Å². The second kappa shape index (κ2) is 8.61. The second-order valence-electron chi connectivity index (χ2n) is 8.35. The van der Waals surface area contributed by atoms with E-state index in [9.17, 15) is 9.90 Å². The van der Waals surface area contributed by atoms with E-state index in [2.05, 4.69) is 4.57 Å². The molecule has 2 aromatic carbocycles. The number of carbonyl (C=O) groups excluding carboxylic acids is 1. The third-order valence-electron chi connectivity index (χ3n) is 6.13. The van der Waals surface area contributed by atoms with E-state index in [1.54, 1.807) is 6.92 Å². The first-order chi connectivity index (χ1) is 15.3. The van der Waals surface area contributed by atoms with Crippen molar-refractivity contribution in [3.8, 4) is 22.8 Å². The first-order valence-corrected chi connectivity index (χ1v) is 11.0. The third kappa shape index (κ3) is 3.81. The van der Waals surface area contributed by atoms with Gasteiger partial charge in [-0.1, -0.05) is 18.2 Å². The maximum Gasteiger partial charge on any atom is 0.344 e. The maximum atomic E-state index is 13.0. The molecule has 0 aliphatic carbocycles. The van der Waals surface area contributed by atoms with Gasteiger partial charge in [0, 0.05) is 24.2 Å². The minimum absolute atomic E-state index is 0.289. The van der Waals surface area contributed by atoms with Gasteiger partial charge < -0.3 is 24.9 Å². The van der Waals surface area contributed by atoms with Crippen molar-refractivity contribution < 1.29 is 19.4 Å². The first-order valence-electron chi connectivity index (χ1n) is 11.0. The van der Waals surface area contributed by atoms with Crippen molar-refractivity contribution in [2.75, 3.05) is 18.9 Å². The molecule has 0 atom stereocenters. The lowest BCUT2D eigenvalue weighted by molar-refractivity contribution is 0.0523. The molecule has 0 saturated heterocycles. The van der Waals surface area contributed by atoms with Crippen LogP contribution in [0.25, 0.3) is 11.3 Å². The predicted molar refractivity (Wildman–Crippen MR) is 125 cm³/mol. The Labute approximate surface area is 188 Å². The Morgan fingerprint density at radius 3 is 2.56 bits per heavy atom. The first kappa shape index (κ1) is 21.8. The molecule has 6 heteroatoms. The maximum absolute atomic E-state index is 13.0. The summed E-state index contributed by atoms with van der Waals surface area (Å²) >= 11 is 0. The number of aromatic hydroxyl groups is 1. The molecule has 0 bridgehead atoms. The number of esters is 1. The predicted octanol–water partition coefficient (Wildman–Crippen LogP) is 4.72. The lowest BCUT2D eigenvalue weighted by atomic mass is 9.95. The zero-order valence-corrected chi connectivity index (χ0v) is 19.1. The Morgan fingerprint density at radius 1 is 1.16 bits per heavy atom. The van der Waals surface area contributed by atoms with Crippen molar-refractivity contribution in [1.82, 2.24) is 4.57 Å². The van der Waals surface area contributed by atoms with Gasteiger partial charge in [0.05, 0.1) is 24.6 Å². The van der Waals surface area contributed by atoms with Crippen LogP contribution >= 0.6 is 0 Å². The van der Waals surface area contributed by atoms with Crippen LogP contribution in [0, 0.1) is 20.8 Å². The third-order valence-corrected chi connectivity index (χ3v) is 6.13. The SMILES string of the molecule is CCOC(=O)c1c(OCCc2cc(C)c(O)c(C)c2)c(C)n2c1-c1cc(N)ccc1CC2. The molecular weight excluding hydrogens is 404 g/mol. The number of nitrogens with zero attached hydrogens (tertiary/aromatic N) is 1. The Bertz CT molecular complexity index is 1170. The molecule has 3 N–H and O–H groups in total. The van der Waals surface area contributed by atoms with Gasteiger partial charge >= 0.3 is 5.97 Å². The topological polar surface area (TPSA) is 86.7 Å². The Hall–Kier alpha value is -3.41. The molecule has 32 heavy (non-hydrogen) atoms. The lowest BCUT2D eigenvalue weighted by Gasteiger charge is -2.21. The van der Waals surface area contributed by atoms with Crippen molar-refractivity contribution in [2.24, 2.45) is 0 Å². The van der Waals surface area contributed by atoms with E-state index in [0.29, 0.717) is 35.8 Å². The fourth-order valence-electron chi connectivity index (χ4n) is 4.57. The fraction of sp³-hybridized carbons (Fsp3) is 0.346. The highest BCUT2D eigenvalue weighted by atomic mass is 16.5. The summed E-state index contributed by atoms with van der Waals surface area (Å²) in [6.07, 6.45) is 1.53. The summed E-state index contributed by atoms with van der Waals surface area (Å²) in [5, 5.41) is 10.0. The molecule has 1 aromatic heterocycles. The molecule has 0 unspecified atom stereocenters. The standard InChI is InChI=1S/C26H30N2O4/c1-5-31-26(30)22-23-21-14-20(27)7-6-19(21)8-10-28(23)17(4)25(22)32-11-9-18-12-15(2)24(29)16(3)13-18/h6-7,12-14,29H,5,8-11,27H2,1-4H3. The van der Waals surface area contributed by atoms with Gasteiger partial charge in [0.2, 0.25) is 0 Å². The number of aromatic nitrogens is 1. The van der Waals surface area contributed by atoms with Gasteiger partial charge in [-0.25, -0.2) is 4.79 Å². The normalized spacial score (nSPS) is 12.2. The van der Waals surface area contributed by atoms with E-state index < -0.39 is 0 Å². The van der Waals surface area contributed by atoms with Crippen molar-refractivity contribution in [3.63, 3.8) is 0 Å². The monoisotopic (exact) mass is 434 g/mol. The molecule has 0 fully saturated rings. The highest BCUT2D eigenvalue weighted by Crippen LogP contribution is 2.42. The minimum atomic E-state index is -0.383. The van der Waals surface area contributed by atoms with Crippen molar-refractivity contribution >= 4 is 11.7 Å². The number of benzene rings is 2. The number of phenols is 1. The van der Waals surface area contributed by atoms with Crippen LogP contribution in [0.4, 0.5) is 5.69 Å². The number of rotatable bonds is 6. The molecule has 0 amide bonds. The summed E-state index contributed by atoms with van der Waals surface area (Å²) in [6.45, 7) is 9.02. The lowest BCUT2D eigenvalue weighted by Crippen LogP contribution is -2.14. The minimum Gasteiger partial charge on any atom is -0.507 e. The molecular formula is C26H30N2O4. The number of hydrogen-bond donors (Lipinski definition) is 2. The number of nitrogen functional groups attached to an aromatic ring is 1. The molecule has 168 valence electrons. The Kier molecular flexibility index (Phi) is 5.87. The Balaban J connectivity index is 1.70. The van der Waals surface area contributed by atoms with Crippen LogP contribution in [-0.4, -0.2) is 28.9 Å². The molecule has 3 aromatic rings. The summed E-state index contributed by atoms with van der Waals surface area (Å²) < 4.78 is 13.8. The number of phenolic OH excluding ortho intramolecular Hbond substituents is 1. The molecule has 4 rings (SSSR count). The zero-order chi connectivity index (χ0) is 23.0. The van der Waals surface area contributed by atoms with Gasteiger partial charge in [-0.3, -0.25) is 0 Å². The van der Waals surface area contributed by atoms with Crippen molar-refractivity contribution in [3.05, 3.63) is 63.8 Å². The summed E-state index contributed by atoms with van der Waals surface area (Å²) in [6, 6.07) is 9.78. The van der Waals surface area contributed by atoms with Gasteiger partial charge in [0.25, 0.3) is 0 Å². The average Bonchev–Trinajstić information content (AvgIpc) is 3.04. The number of anilines is 1. The van der Waals surface area contributed by atoms with E-state index in [1.165, 1.54) is 0 Å². The number of aryl methyl sites for hydroxylation is 3.